The smallest absolute Gasteiger partial charge is 0.477 e. The first-order valence-electron chi connectivity index (χ1n) is 15.5. The molecular weight excluding hydrogens is 494 g/mol. The van der Waals surface area contributed by atoms with E-state index in [2.05, 4.69) is 11.8 Å². The first-order valence-corrected chi connectivity index (χ1v) is 15.5. The maximum atomic E-state index is 13.3. The Morgan fingerprint density at radius 1 is 1.08 bits per heavy atom. The molecule has 1 saturated carbocycles. The van der Waals surface area contributed by atoms with Gasteiger partial charge in [-0.2, -0.15) is 0 Å². The second-order valence-corrected chi connectivity index (χ2v) is 12.4. The summed E-state index contributed by atoms with van der Waals surface area (Å²) in [6.45, 7) is 8.09. The number of Topliss-reactive ketones (excluding diaryl/α,β-unsaturated/α-hetero) is 1. The van der Waals surface area contributed by atoms with E-state index in [1.165, 1.54) is 44.9 Å². The Morgan fingerprint density at radius 3 is 2.49 bits per heavy atom. The molecule has 2 aliphatic heterocycles. The molecule has 2 aliphatic carbocycles. The summed E-state index contributed by atoms with van der Waals surface area (Å²) in [5.74, 6) is 1.39. The largest absolute Gasteiger partial charge is 0.513 e. The summed E-state index contributed by atoms with van der Waals surface area (Å²) in [7, 11) is 0. The van der Waals surface area contributed by atoms with E-state index >= 15 is 0 Å². The molecule has 1 spiro atoms. The van der Waals surface area contributed by atoms with E-state index < -0.39 is 23.3 Å². The van der Waals surface area contributed by atoms with Crippen molar-refractivity contribution in [3.63, 3.8) is 0 Å². The van der Waals surface area contributed by atoms with Gasteiger partial charge in [-0.3, -0.25) is 9.69 Å². The zero-order chi connectivity index (χ0) is 27.6. The molecule has 1 aromatic rings. The van der Waals surface area contributed by atoms with Gasteiger partial charge >= 0.3 is 6.16 Å². The zero-order valence-electron chi connectivity index (χ0n) is 24.1. The lowest BCUT2D eigenvalue weighted by Crippen LogP contribution is -2.73. The van der Waals surface area contributed by atoms with Crippen LogP contribution in [0.15, 0.2) is 12.1 Å². The number of carbonyl (C=O) groups is 2. The van der Waals surface area contributed by atoms with Crippen molar-refractivity contribution < 1.29 is 28.9 Å². The van der Waals surface area contributed by atoms with E-state index in [9.17, 15) is 14.7 Å². The lowest BCUT2D eigenvalue weighted by molar-refractivity contribution is -0.164. The molecule has 5 rings (SSSR count). The summed E-state index contributed by atoms with van der Waals surface area (Å²) in [5.41, 5.74) is -0.0689. The van der Waals surface area contributed by atoms with Crippen LogP contribution in [0.2, 0.25) is 0 Å². The second-order valence-electron chi connectivity index (χ2n) is 12.4. The number of hydrogen-bond donors (Lipinski definition) is 1. The SMILES string of the molecule is CCCCCCCCCCOC(=O)Oc1ccc2c3c1O[C@@H](C(=O)CC)[C@]31CCN(CC3CC3)C(C2)[C@@]1(C)O. The minimum atomic E-state index is -1.15. The predicted octanol–water partition coefficient (Wildman–Crippen LogP) is 6.11. The molecular formula is C32H47NO6. The van der Waals surface area contributed by atoms with Crippen molar-refractivity contribution in [3.8, 4) is 11.5 Å². The lowest BCUT2D eigenvalue weighted by Gasteiger charge is -2.59. The molecule has 1 N–H and O–H groups in total. The van der Waals surface area contributed by atoms with Gasteiger partial charge in [0.2, 0.25) is 0 Å². The third-order valence-electron chi connectivity index (χ3n) is 9.78. The second kappa shape index (κ2) is 11.8. The number of aliphatic hydroxyl groups is 1. The van der Waals surface area contributed by atoms with Crippen molar-refractivity contribution in [1.82, 2.24) is 4.90 Å². The predicted molar refractivity (Wildman–Crippen MR) is 149 cm³/mol. The topological polar surface area (TPSA) is 85.3 Å². The number of unbranched alkanes of at least 4 members (excludes halogenated alkanes) is 7. The van der Waals surface area contributed by atoms with Crippen molar-refractivity contribution in [1.29, 1.82) is 0 Å². The Kier molecular flexibility index (Phi) is 8.58. The Hall–Kier alpha value is -2.12. The molecule has 1 saturated heterocycles. The highest BCUT2D eigenvalue weighted by Gasteiger charge is 2.69. The maximum absolute atomic E-state index is 13.3. The van der Waals surface area contributed by atoms with Crippen LogP contribution in [0.5, 0.6) is 11.5 Å². The van der Waals surface area contributed by atoms with Crippen LogP contribution in [0, 0.1) is 5.92 Å². The van der Waals surface area contributed by atoms with E-state index in [1.54, 1.807) is 6.07 Å². The molecule has 1 unspecified atom stereocenters. The van der Waals surface area contributed by atoms with Gasteiger partial charge in [0.1, 0.15) is 0 Å². The molecule has 0 radical (unpaired) electrons. The molecule has 2 heterocycles. The van der Waals surface area contributed by atoms with Gasteiger partial charge in [-0.1, -0.05) is 64.9 Å². The van der Waals surface area contributed by atoms with Crippen LogP contribution in [0.3, 0.4) is 0 Å². The number of nitrogens with zero attached hydrogens (tertiary/aromatic N) is 1. The molecule has 1 aromatic carbocycles. The van der Waals surface area contributed by atoms with Gasteiger partial charge in [0.25, 0.3) is 0 Å². The van der Waals surface area contributed by atoms with E-state index in [-0.39, 0.29) is 17.6 Å². The summed E-state index contributed by atoms with van der Waals surface area (Å²) in [5, 5.41) is 12.2. The summed E-state index contributed by atoms with van der Waals surface area (Å²) in [6, 6.07) is 3.67. The lowest BCUT2D eigenvalue weighted by atomic mass is 9.53. The molecule has 4 atom stereocenters. The fraction of sp³-hybridized carbons (Fsp3) is 0.750. The van der Waals surface area contributed by atoms with Gasteiger partial charge in [0.05, 0.1) is 17.6 Å². The van der Waals surface area contributed by atoms with Crippen LogP contribution in [-0.2, 0) is 21.4 Å². The molecule has 4 aliphatic rings. The highest BCUT2D eigenvalue weighted by atomic mass is 16.7. The van der Waals surface area contributed by atoms with Gasteiger partial charge in [-0.05, 0) is 63.1 Å². The third kappa shape index (κ3) is 5.33. The summed E-state index contributed by atoms with van der Waals surface area (Å²) in [4.78, 5) is 28.3. The number of ketones is 1. The van der Waals surface area contributed by atoms with Crippen LogP contribution < -0.4 is 9.47 Å². The van der Waals surface area contributed by atoms with Crippen LogP contribution in [0.4, 0.5) is 4.79 Å². The maximum Gasteiger partial charge on any atom is 0.513 e. The highest BCUT2D eigenvalue weighted by molar-refractivity contribution is 5.88. The number of hydrogen-bond acceptors (Lipinski definition) is 7. The van der Waals surface area contributed by atoms with Gasteiger partial charge in [0, 0.05) is 24.6 Å². The van der Waals surface area contributed by atoms with Gasteiger partial charge in [0.15, 0.2) is 23.4 Å². The molecule has 0 aromatic heterocycles. The average Bonchev–Trinajstić information content (AvgIpc) is 3.66. The van der Waals surface area contributed by atoms with Crippen LogP contribution in [0.1, 0.15) is 109 Å². The molecule has 7 nitrogen and oxygen atoms in total. The molecule has 2 bridgehead atoms. The van der Waals surface area contributed by atoms with Crippen LogP contribution in [-0.4, -0.2) is 59.4 Å². The van der Waals surface area contributed by atoms with E-state index in [1.807, 2.05) is 19.9 Å². The number of benzene rings is 1. The van der Waals surface area contributed by atoms with Crippen molar-refractivity contribution in [3.05, 3.63) is 23.3 Å². The summed E-state index contributed by atoms with van der Waals surface area (Å²) in [6.07, 6.45) is 11.9. The monoisotopic (exact) mass is 541 g/mol. The van der Waals surface area contributed by atoms with Crippen LogP contribution >= 0.6 is 0 Å². The molecule has 2 fully saturated rings. The number of carbonyl (C=O) groups excluding carboxylic acids is 2. The van der Waals surface area contributed by atoms with E-state index in [0.717, 1.165) is 43.5 Å². The van der Waals surface area contributed by atoms with Crippen molar-refractivity contribution in [2.24, 2.45) is 5.92 Å². The molecule has 7 heteroatoms. The Bertz CT molecular complexity index is 1050. The van der Waals surface area contributed by atoms with Crippen LogP contribution in [0.25, 0.3) is 0 Å². The fourth-order valence-electron chi connectivity index (χ4n) is 7.39. The summed E-state index contributed by atoms with van der Waals surface area (Å²) < 4.78 is 17.4. The number of rotatable bonds is 14. The Balaban J connectivity index is 1.29. The molecule has 216 valence electrons. The van der Waals surface area contributed by atoms with Gasteiger partial charge < -0.3 is 19.3 Å². The average molecular weight is 542 g/mol. The van der Waals surface area contributed by atoms with E-state index in [4.69, 9.17) is 14.2 Å². The third-order valence-corrected chi connectivity index (χ3v) is 9.78. The van der Waals surface area contributed by atoms with Crippen molar-refractivity contribution in [2.75, 3.05) is 19.7 Å². The highest BCUT2D eigenvalue weighted by Crippen LogP contribution is 2.62. The molecule has 39 heavy (non-hydrogen) atoms. The first-order chi connectivity index (χ1) is 18.8. The number of likely N-dealkylation sites (tertiary alicyclic amines) is 1. The number of piperidine rings is 1. The zero-order valence-corrected chi connectivity index (χ0v) is 24.1. The minimum absolute atomic E-state index is 0.0306. The van der Waals surface area contributed by atoms with E-state index in [0.29, 0.717) is 37.5 Å². The minimum Gasteiger partial charge on any atom is -0.477 e. The van der Waals surface area contributed by atoms with Gasteiger partial charge in [-0.25, -0.2) is 4.79 Å². The molecule has 0 amide bonds. The standard InChI is InChI=1S/C32H47NO6/c1-4-6-7-8-9-10-11-12-19-37-30(35)38-25-16-15-23-20-26-31(3,36)32(17-18-33(26)21-22-13-14-22)27(23)28(25)39-29(32)24(34)5-2/h15-16,22,26,29,36H,4-14,17-21H2,1-3H3/t26?,29-,31+,32-/m0/s1. The Labute approximate surface area is 233 Å². The van der Waals surface area contributed by atoms with Gasteiger partial charge in [-0.15, -0.1) is 0 Å². The quantitative estimate of drug-likeness (QED) is 0.173. The Morgan fingerprint density at radius 2 is 1.79 bits per heavy atom. The first kappa shape index (κ1) is 28.4. The van der Waals surface area contributed by atoms with Crippen molar-refractivity contribution in [2.45, 2.75) is 127 Å². The summed E-state index contributed by atoms with van der Waals surface area (Å²) >= 11 is 0. The number of fused-ring (bicyclic) bond motifs is 1. The number of ether oxygens (including phenoxy) is 3. The van der Waals surface area contributed by atoms with Crippen molar-refractivity contribution >= 4 is 11.9 Å². The normalized spacial score (nSPS) is 29.0. The fourth-order valence-corrected chi connectivity index (χ4v) is 7.39.